The van der Waals surface area contributed by atoms with Gasteiger partial charge in [-0.2, -0.15) is 0 Å². The molecule has 1 aromatic rings. The average molecular weight is 340 g/mol. The lowest BCUT2D eigenvalue weighted by Crippen LogP contribution is -2.50. The van der Waals surface area contributed by atoms with Gasteiger partial charge < -0.3 is 10.2 Å². The van der Waals surface area contributed by atoms with E-state index in [0.717, 1.165) is 24.0 Å². The van der Waals surface area contributed by atoms with Crippen molar-refractivity contribution in [2.45, 2.75) is 58.5 Å². The third-order valence-corrected chi connectivity index (χ3v) is 5.22. The van der Waals surface area contributed by atoms with Crippen LogP contribution in [-0.2, 0) is 11.3 Å². The van der Waals surface area contributed by atoms with E-state index < -0.39 is 6.04 Å². The van der Waals surface area contributed by atoms with Crippen molar-refractivity contribution >= 4 is 11.8 Å². The van der Waals surface area contributed by atoms with Gasteiger partial charge in [-0.25, -0.2) is 0 Å². The number of amides is 2. The van der Waals surface area contributed by atoms with Crippen LogP contribution in [0.2, 0.25) is 0 Å². The third kappa shape index (κ3) is 3.94. The summed E-state index contributed by atoms with van der Waals surface area (Å²) in [5.41, 5.74) is 3.20. The Morgan fingerprint density at radius 2 is 2.04 bits per heavy atom. The maximum absolute atomic E-state index is 12.8. The second kappa shape index (κ2) is 7.85. The Labute approximate surface area is 150 Å². The van der Waals surface area contributed by atoms with E-state index in [-0.39, 0.29) is 17.7 Å². The number of hydrogen-bond acceptors (Lipinski definition) is 2. The van der Waals surface area contributed by atoms with Crippen LogP contribution in [0.4, 0.5) is 0 Å². The number of hydrogen-bond donors (Lipinski definition) is 1. The zero-order valence-corrected chi connectivity index (χ0v) is 15.3. The van der Waals surface area contributed by atoms with Gasteiger partial charge in [-0.05, 0) is 49.7 Å². The summed E-state index contributed by atoms with van der Waals surface area (Å²) in [6.07, 6.45) is 8.10. The Morgan fingerprint density at radius 3 is 2.72 bits per heavy atom. The molecule has 0 saturated carbocycles. The van der Waals surface area contributed by atoms with Gasteiger partial charge in [0.1, 0.15) is 6.04 Å². The first-order chi connectivity index (χ1) is 12.1. The maximum atomic E-state index is 12.8. The summed E-state index contributed by atoms with van der Waals surface area (Å²) in [5.74, 6) is 0.0131. The summed E-state index contributed by atoms with van der Waals surface area (Å²) < 4.78 is 0. The van der Waals surface area contributed by atoms with Gasteiger partial charge in [0.25, 0.3) is 5.91 Å². The van der Waals surface area contributed by atoms with Crippen molar-refractivity contribution in [2.75, 3.05) is 6.54 Å². The minimum absolute atomic E-state index is 0.0283. The number of fused-ring (bicyclic) bond motifs is 1. The van der Waals surface area contributed by atoms with E-state index >= 15 is 0 Å². The fourth-order valence-corrected chi connectivity index (χ4v) is 3.89. The monoisotopic (exact) mass is 340 g/mol. The molecule has 1 aromatic carbocycles. The van der Waals surface area contributed by atoms with Gasteiger partial charge in [-0.15, -0.1) is 0 Å². The number of carbonyl (C=O) groups excluding carboxylic acids is 2. The van der Waals surface area contributed by atoms with E-state index in [4.69, 9.17) is 0 Å². The van der Waals surface area contributed by atoms with E-state index in [1.807, 2.05) is 38.1 Å². The van der Waals surface area contributed by atoms with Crippen LogP contribution in [0, 0.1) is 5.92 Å². The van der Waals surface area contributed by atoms with Gasteiger partial charge in [0.05, 0.1) is 0 Å². The third-order valence-electron chi connectivity index (χ3n) is 5.22. The van der Waals surface area contributed by atoms with Crippen molar-refractivity contribution in [2.24, 2.45) is 5.92 Å². The van der Waals surface area contributed by atoms with Crippen LogP contribution >= 0.6 is 0 Å². The lowest BCUT2D eigenvalue weighted by molar-refractivity contribution is -0.127. The molecule has 2 amide bonds. The number of nitrogens with zero attached hydrogens (tertiary/aromatic N) is 1. The zero-order chi connectivity index (χ0) is 17.8. The van der Waals surface area contributed by atoms with Crippen LogP contribution in [0.5, 0.6) is 0 Å². The van der Waals surface area contributed by atoms with Crippen LogP contribution in [-0.4, -0.2) is 29.3 Å². The molecule has 2 aliphatic rings. The summed E-state index contributed by atoms with van der Waals surface area (Å²) >= 11 is 0. The van der Waals surface area contributed by atoms with Crippen LogP contribution < -0.4 is 5.32 Å². The Morgan fingerprint density at radius 1 is 1.24 bits per heavy atom. The van der Waals surface area contributed by atoms with Crippen LogP contribution in [0.15, 0.2) is 35.9 Å². The molecule has 3 rings (SSSR count). The normalized spacial score (nSPS) is 18.1. The van der Waals surface area contributed by atoms with E-state index in [1.165, 1.54) is 24.8 Å². The molecule has 0 saturated heterocycles. The van der Waals surface area contributed by atoms with Crippen molar-refractivity contribution < 1.29 is 9.59 Å². The van der Waals surface area contributed by atoms with Crippen LogP contribution in [0.1, 0.15) is 61.9 Å². The maximum Gasteiger partial charge on any atom is 0.255 e. The predicted molar refractivity (Wildman–Crippen MR) is 99.1 cm³/mol. The average Bonchev–Trinajstić information content (AvgIpc) is 2.93. The van der Waals surface area contributed by atoms with Crippen molar-refractivity contribution in [3.05, 3.63) is 47.0 Å². The fourth-order valence-electron chi connectivity index (χ4n) is 3.89. The van der Waals surface area contributed by atoms with Gasteiger partial charge in [-0.3, -0.25) is 9.59 Å². The SMILES string of the molecule is CC(C)[C@@H](C(=O)NCCC1=CCCCC1)N1Cc2ccccc2C1=O. The van der Waals surface area contributed by atoms with E-state index in [0.29, 0.717) is 13.1 Å². The second-order valence-electron chi connectivity index (χ2n) is 7.43. The van der Waals surface area contributed by atoms with E-state index in [9.17, 15) is 9.59 Å². The highest BCUT2D eigenvalue weighted by molar-refractivity contribution is 6.01. The summed E-state index contributed by atoms with van der Waals surface area (Å²) in [7, 11) is 0. The lowest BCUT2D eigenvalue weighted by atomic mass is 9.97. The largest absolute Gasteiger partial charge is 0.354 e. The van der Waals surface area contributed by atoms with Gasteiger partial charge in [0, 0.05) is 18.7 Å². The lowest BCUT2D eigenvalue weighted by Gasteiger charge is -2.30. The highest BCUT2D eigenvalue weighted by Gasteiger charge is 2.37. The molecule has 0 unspecified atom stereocenters. The molecule has 25 heavy (non-hydrogen) atoms. The molecule has 1 heterocycles. The van der Waals surface area contributed by atoms with Crippen molar-refractivity contribution in [1.82, 2.24) is 10.2 Å². The second-order valence-corrected chi connectivity index (χ2v) is 7.43. The van der Waals surface area contributed by atoms with Gasteiger partial charge in [-0.1, -0.05) is 43.7 Å². The summed E-state index contributed by atoms with van der Waals surface area (Å²) in [4.78, 5) is 27.2. The van der Waals surface area contributed by atoms with Gasteiger partial charge in [0.15, 0.2) is 0 Å². The molecule has 1 atom stereocenters. The highest BCUT2D eigenvalue weighted by Crippen LogP contribution is 2.27. The fraction of sp³-hybridized carbons (Fsp3) is 0.524. The quantitative estimate of drug-likeness (QED) is 0.803. The number of allylic oxidation sites excluding steroid dienone is 1. The Kier molecular flexibility index (Phi) is 5.57. The molecule has 134 valence electrons. The van der Waals surface area contributed by atoms with Gasteiger partial charge in [0.2, 0.25) is 5.91 Å². The van der Waals surface area contributed by atoms with Crippen molar-refractivity contribution in [3.63, 3.8) is 0 Å². The Balaban J connectivity index is 1.62. The molecular weight excluding hydrogens is 312 g/mol. The first-order valence-electron chi connectivity index (χ1n) is 9.42. The molecule has 0 fully saturated rings. The topological polar surface area (TPSA) is 49.4 Å². The standard InChI is InChI=1S/C21H28N2O2/c1-15(2)19(20(24)22-13-12-16-8-4-3-5-9-16)23-14-17-10-6-7-11-18(17)21(23)25/h6-8,10-11,15,19H,3-5,9,12-14H2,1-2H3,(H,22,24)/t19-/m0/s1. The van der Waals surface area contributed by atoms with E-state index in [1.54, 1.807) is 4.90 Å². The molecule has 1 aliphatic carbocycles. The Hall–Kier alpha value is -2.10. The number of benzene rings is 1. The molecule has 0 spiro atoms. The molecule has 4 heteroatoms. The molecular formula is C21H28N2O2. The number of nitrogens with one attached hydrogen (secondary N) is 1. The summed E-state index contributed by atoms with van der Waals surface area (Å²) in [6, 6.07) is 7.22. The Bertz CT molecular complexity index is 678. The summed E-state index contributed by atoms with van der Waals surface area (Å²) in [5, 5.41) is 3.06. The van der Waals surface area contributed by atoms with Crippen molar-refractivity contribution in [1.29, 1.82) is 0 Å². The van der Waals surface area contributed by atoms with E-state index in [2.05, 4.69) is 11.4 Å². The molecule has 1 N–H and O–H groups in total. The minimum Gasteiger partial charge on any atom is -0.354 e. The smallest absolute Gasteiger partial charge is 0.255 e. The minimum atomic E-state index is -0.416. The molecule has 0 bridgehead atoms. The number of carbonyl (C=O) groups is 2. The predicted octanol–water partition coefficient (Wildman–Crippen LogP) is 3.67. The van der Waals surface area contributed by atoms with Crippen molar-refractivity contribution in [3.8, 4) is 0 Å². The number of rotatable bonds is 6. The first kappa shape index (κ1) is 17.7. The first-order valence-corrected chi connectivity index (χ1v) is 9.42. The summed E-state index contributed by atoms with van der Waals surface area (Å²) in [6.45, 7) is 5.19. The highest BCUT2D eigenvalue weighted by atomic mass is 16.2. The van der Waals surface area contributed by atoms with Crippen LogP contribution in [0.3, 0.4) is 0 Å². The van der Waals surface area contributed by atoms with Gasteiger partial charge >= 0.3 is 0 Å². The molecule has 4 nitrogen and oxygen atoms in total. The molecule has 0 radical (unpaired) electrons. The van der Waals surface area contributed by atoms with Crippen LogP contribution in [0.25, 0.3) is 0 Å². The zero-order valence-electron chi connectivity index (χ0n) is 15.3. The molecule has 1 aliphatic heterocycles. The molecule has 0 aromatic heterocycles.